The van der Waals surface area contributed by atoms with Crippen LogP contribution in [0.25, 0.3) is 0 Å². The maximum atomic E-state index is 11.9. The Morgan fingerprint density at radius 2 is 1.94 bits per heavy atom. The van der Waals surface area contributed by atoms with E-state index in [1.54, 1.807) is 4.90 Å². The minimum atomic E-state index is -0.483. The maximum absolute atomic E-state index is 11.9. The van der Waals surface area contributed by atoms with E-state index in [9.17, 15) is 9.59 Å². The molecule has 0 spiro atoms. The molecular formula is C12H22N2O3. The molecule has 0 aromatic rings. The van der Waals surface area contributed by atoms with E-state index >= 15 is 0 Å². The summed E-state index contributed by atoms with van der Waals surface area (Å²) >= 11 is 0. The zero-order valence-corrected chi connectivity index (χ0v) is 11.2. The van der Waals surface area contributed by atoms with Crippen LogP contribution in [0.4, 0.5) is 4.79 Å². The third kappa shape index (κ3) is 4.24. The summed E-state index contributed by atoms with van der Waals surface area (Å²) in [6.45, 7) is 9.51. The minimum Gasteiger partial charge on any atom is -0.444 e. The Kier molecular flexibility index (Phi) is 4.01. The Labute approximate surface area is 102 Å². The fraction of sp³-hybridized carbons (Fsp3) is 0.833. The molecular weight excluding hydrogens is 220 g/mol. The quantitative estimate of drug-likeness (QED) is 0.758. The average molecular weight is 242 g/mol. The van der Waals surface area contributed by atoms with Crippen molar-refractivity contribution < 1.29 is 14.3 Å². The zero-order chi connectivity index (χ0) is 13.2. The predicted molar refractivity (Wildman–Crippen MR) is 64.6 cm³/mol. The van der Waals surface area contributed by atoms with E-state index in [4.69, 9.17) is 4.74 Å². The molecule has 0 radical (unpaired) electrons. The third-order valence-corrected chi connectivity index (χ3v) is 2.61. The van der Waals surface area contributed by atoms with Crippen molar-refractivity contribution in [3.63, 3.8) is 0 Å². The fourth-order valence-corrected chi connectivity index (χ4v) is 2.00. The lowest BCUT2D eigenvalue weighted by Gasteiger charge is -2.26. The van der Waals surface area contributed by atoms with Crippen molar-refractivity contribution >= 4 is 12.0 Å². The van der Waals surface area contributed by atoms with Crippen molar-refractivity contribution in [3.8, 4) is 0 Å². The summed E-state index contributed by atoms with van der Waals surface area (Å²) in [6, 6.07) is 0.136. The van der Waals surface area contributed by atoms with Gasteiger partial charge in [0, 0.05) is 25.6 Å². The molecule has 1 fully saturated rings. The van der Waals surface area contributed by atoms with E-state index in [1.807, 2.05) is 27.7 Å². The third-order valence-electron chi connectivity index (χ3n) is 2.61. The van der Waals surface area contributed by atoms with Gasteiger partial charge in [-0.05, 0) is 34.1 Å². The summed E-state index contributed by atoms with van der Waals surface area (Å²) in [6.07, 6.45) is 0.469. The number of nitrogens with zero attached hydrogens (tertiary/aromatic N) is 1. The topological polar surface area (TPSA) is 58.6 Å². The Balaban J connectivity index is 2.55. The van der Waals surface area contributed by atoms with Crippen LogP contribution in [0.2, 0.25) is 0 Å². The van der Waals surface area contributed by atoms with Crippen molar-refractivity contribution in [1.82, 2.24) is 10.2 Å². The smallest absolute Gasteiger partial charge is 0.410 e. The van der Waals surface area contributed by atoms with Crippen LogP contribution in [-0.2, 0) is 9.53 Å². The van der Waals surface area contributed by atoms with Crippen molar-refractivity contribution in [2.45, 2.75) is 58.7 Å². The van der Waals surface area contributed by atoms with Gasteiger partial charge in [-0.2, -0.15) is 0 Å². The van der Waals surface area contributed by atoms with Crippen molar-refractivity contribution in [3.05, 3.63) is 0 Å². The highest BCUT2D eigenvalue weighted by Gasteiger charge is 2.35. The van der Waals surface area contributed by atoms with Gasteiger partial charge < -0.3 is 15.0 Å². The maximum Gasteiger partial charge on any atom is 0.410 e. The summed E-state index contributed by atoms with van der Waals surface area (Å²) in [5, 5.41) is 2.83. The summed E-state index contributed by atoms with van der Waals surface area (Å²) in [5.74, 6) is -0.0618. The molecule has 0 aromatic carbocycles. The van der Waals surface area contributed by atoms with E-state index in [2.05, 4.69) is 5.32 Å². The first-order valence-electron chi connectivity index (χ1n) is 5.96. The molecule has 5 nitrogen and oxygen atoms in total. The highest BCUT2D eigenvalue weighted by atomic mass is 16.6. The second-order valence-corrected chi connectivity index (χ2v) is 5.61. The zero-order valence-electron chi connectivity index (χ0n) is 11.2. The van der Waals surface area contributed by atoms with Gasteiger partial charge in [0.15, 0.2) is 0 Å². The highest BCUT2D eigenvalue weighted by Crippen LogP contribution is 2.20. The second kappa shape index (κ2) is 4.94. The van der Waals surface area contributed by atoms with E-state index in [0.717, 1.165) is 6.42 Å². The number of ether oxygens (including phenoxy) is 1. The summed E-state index contributed by atoms with van der Waals surface area (Å²) in [4.78, 5) is 24.5. The van der Waals surface area contributed by atoms with Gasteiger partial charge >= 0.3 is 6.09 Å². The normalized spacial score (nSPS) is 24.6. The summed E-state index contributed by atoms with van der Waals surface area (Å²) in [7, 11) is 0. The van der Waals surface area contributed by atoms with Gasteiger partial charge in [0.25, 0.3) is 0 Å². The van der Waals surface area contributed by atoms with E-state index in [0.29, 0.717) is 6.54 Å². The molecule has 2 atom stereocenters. The average Bonchev–Trinajstić information content (AvgIpc) is 2.42. The molecule has 0 saturated carbocycles. The highest BCUT2D eigenvalue weighted by molar-refractivity contribution is 5.74. The number of carbonyl (C=O) groups excluding carboxylic acids is 2. The van der Waals surface area contributed by atoms with Gasteiger partial charge in [-0.1, -0.05) is 0 Å². The van der Waals surface area contributed by atoms with Crippen LogP contribution in [-0.4, -0.2) is 41.1 Å². The number of rotatable bonds is 1. The standard InChI is InChI=1S/C12H22N2O3/c1-8-6-10(13-9(2)15)7-14(8)11(16)17-12(3,4)5/h8,10H,6-7H2,1-5H3,(H,13,15). The molecule has 98 valence electrons. The summed E-state index contributed by atoms with van der Waals surface area (Å²) < 4.78 is 5.32. The van der Waals surface area contributed by atoms with Crippen LogP contribution in [0.1, 0.15) is 41.0 Å². The monoisotopic (exact) mass is 242 g/mol. The van der Waals surface area contributed by atoms with Gasteiger partial charge in [-0.25, -0.2) is 4.79 Å². The molecule has 1 rings (SSSR count). The van der Waals surface area contributed by atoms with Gasteiger partial charge in [0.1, 0.15) is 5.60 Å². The molecule has 1 heterocycles. The first kappa shape index (κ1) is 13.8. The number of amides is 2. The van der Waals surface area contributed by atoms with Gasteiger partial charge in [0.2, 0.25) is 5.91 Å². The van der Waals surface area contributed by atoms with Crippen molar-refractivity contribution in [2.24, 2.45) is 0 Å². The summed E-state index contributed by atoms with van der Waals surface area (Å²) in [5.41, 5.74) is -0.483. The van der Waals surface area contributed by atoms with E-state index in [-0.39, 0.29) is 24.1 Å². The molecule has 2 unspecified atom stereocenters. The molecule has 1 aliphatic rings. The van der Waals surface area contributed by atoms with Crippen LogP contribution in [0.5, 0.6) is 0 Å². The van der Waals surface area contributed by atoms with Gasteiger partial charge in [-0.15, -0.1) is 0 Å². The molecule has 17 heavy (non-hydrogen) atoms. The first-order valence-corrected chi connectivity index (χ1v) is 5.96. The van der Waals surface area contributed by atoms with Crippen LogP contribution in [0.15, 0.2) is 0 Å². The van der Waals surface area contributed by atoms with Crippen LogP contribution < -0.4 is 5.32 Å². The Morgan fingerprint density at radius 3 is 2.41 bits per heavy atom. The molecule has 0 bridgehead atoms. The largest absolute Gasteiger partial charge is 0.444 e. The second-order valence-electron chi connectivity index (χ2n) is 5.61. The van der Waals surface area contributed by atoms with Crippen LogP contribution >= 0.6 is 0 Å². The van der Waals surface area contributed by atoms with Crippen molar-refractivity contribution in [1.29, 1.82) is 0 Å². The van der Waals surface area contributed by atoms with Gasteiger partial charge in [-0.3, -0.25) is 4.79 Å². The molecule has 0 aliphatic carbocycles. The van der Waals surface area contributed by atoms with Gasteiger partial charge in [0.05, 0.1) is 0 Å². The van der Waals surface area contributed by atoms with Crippen LogP contribution in [0, 0.1) is 0 Å². The van der Waals surface area contributed by atoms with E-state index < -0.39 is 5.60 Å². The molecule has 5 heteroatoms. The Hall–Kier alpha value is -1.26. The lowest BCUT2D eigenvalue weighted by Crippen LogP contribution is -2.41. The SMILES string of the molecule is CC(=O)NC1CC(C)N(C(=O)OC(C)(C)C)C1. The molecule has 1 aliphatic heterocycles. The lowest BCUT2D eigenvalue weighted by atomic mass is 10.2. The molecule has 0 aromatic heterocycles. The number of hydrogen-bond acceptors (Lipinski definition) is 3. The minimum absolute atomic E-state index is 0.0371. The lowest BCUT2D eigenvalue weighted by molar-refractivity contribution is -0.119. The Morgan fingerprint density at radius 1 is 1.35 bits per heavy atom. The molecule has 1 N–H and O–H groups in total. The van der Waals surface area contributed by atoms with E-state index in [1.165, 1.54) is 6.92 Å². The van der Waals surface area contributed by atoms with Crippen molar-refractivity contribution in [2.75, 3.05) is 6.54 Å². The number of hydrogen-bond donors (Lipinski definition) is 1. The number of nitrogens with one attached hydrogen (secondary N) is 1. The Bertz CT molecular complexity index is 309. The first-order chi connectivity index (χ1) is 7.69. The molecule has 2 amide bonds. The fourth-order valence-electron chi connectivity index (χ4n) is 2.00. The molecule has 1 saturated heterocycles. The predicted octanol–water partition coefficient (Wildman–Crippen LogP) is 1.52. The number of carbonyl (C=O) groups is 2. The number of likely N-dealkylation sites (tertiary alicyclic amines) is 1. The van der Waals surface area contributed by atoms with Crippen LogP contribution in [0.3, 0.4) is 0 Å².